The monoisotopic (exact) mass is 216 g/mol. The zero-order valence-electron chi connectivity index (χ0n) is 9.87. The molecular formula is C10H20N2O3. The van der Waals surface area contributed by atoms with Gasteiger partial charge in [0.05, 0.1) is 7.11 Å². The summed E-state index contributed by atoms with van der Waals surface area (Å²) in [5.74, 6) is -0.462. The molecule has 0 fully saturated rings. The van der Waals surface area contributed by atoms with E-state index in [4.69, 9.17) is 0 Å². The highest BCUT2D eigenvalue weighted by atomic mass is 16.5. The molecule has 0 saturated heterocycles. The fraction of sp³-hybridized carbons (Fsp3) is 0.800. The summed E-state index contributed by atoms with van der Waals surface area (Å²) >= 11 is 0. The maximum atomic E-state index is 11.6. The fourth-order valence-corrected chi connectivity index (χ4v) is 1.18. The Morgan fingerprint density at radius 3 is 2.53 bits per heavy atom. The van der Waals surface area contributed by atoms with Crippen LogP contribution in [0.1, 0.15) is 20.3 Å². The summed E-state index contributed by atoms with van der Waals surface area (Å²) in [6, 6.07) is 0.127. The molecular weight excluding hydrogens is 196 g/mol. The van der Waals surface area contributed by atoms with Crippen molar-refractivity contribution in [1.82, 2.24) is 10.2 Å². The van der Waals surface area contributed by atoms with Crippen molar-refractivity contribution in [2.24, 2.45) is 0 Å². The molecule has 15 heavy (non-hydrogen) atoms. The van der Waals surface area contributed by atoms with E-state index in [1.807, 2.05) is 13.8 Å². The summed E-state index contributed by atoms with van der Waals surface area (Å²) in [6.45, 7) is 4.76. The van der Waals surface area contributed by atoms with Crippen molar-refractivity contribution in [2.75, 3.05) is 27.2 Å². The number of carbonyl (C=O) groups excluding carboxylic acids is 2. The number of amides is 1. The predicted molar refractivity (Wildman–Crippen MR) is 57.4 cm³/mol. The van der Waals surface area contributed by atoms with Crippen LogP contribution >= 0.6 is 0 Å². The second-order valence-corrected chi connectivity index (χ2v) is 3.49. The van der Waals surface area contributed by atoms with Gasteiger partial charge in [0.2, 0.25) is 5.91 Å². The normalized spacial score (nSPS) is 12.0. The SMILES string of the molecule is CCNC(C)CC(=O)N(C)CC(=O)OC. The average Bonchev–Trinajstić information content (AvgIpc) is 2.17. The van der Waals surface area contributed by atoms with Crippen molar-refractivity contribution in [1.29, 1.82) is 0 Å². The van der Waals surface area contributed by atoms with E-state index in [9.17, 15) is 9.59 Å². The summed E-state index contributed by atoms with van der Waals surface area (Å²) in [4.78, 5) is 23.8. The number of hydrogen-bond donors (Lipinski definition) is 1. The quantitative estimate of drug-likeness (QED) is 0.635. The molecule has 0 spiro atoms. The molecule has 1 N–H and O–H groups in total. The van der Waals surface area contributed by atoms with E-state index in [0.717, 1.165) is 6.54 Å². The highest BCUT2D eigenvalue weighted by Gasteiger charge is 2.15. The summed E-state index contributed by atoms with van der Waals surface area (Å²) in [5.41, 5.74) is 0. The Kier molecular flexibility index (Phi) is 6.70. The second-order valence-electron chi connectivity index (χ2n) is 3.49. The van der Waals surface area contributed by atoms with Crippen LogP contribution in [-0.2, 0) is 14.3 Å². The number of ether oxygens (including phenoxy) is 1. The first-order valence-corrected chi connectivity index (χ1v) is 5.05. The first-order valence-electron chi connectivity index (χ1n) is 5.05. The van der Waals surface area contributed by atoms with Gasteiger partial charge in [0.1, 0.15) is 6.54 Å². The molecule has 0 aromatic heterocycles. The smallest absolute Gasteiger partial charge is 0.325 e. The van der Waals surface area contributed by atoms with Gasteiger partial charge in [-0.3, -0.25) is 9.59 Å². The Bertz CT molecular complexity index is 219. The number of esters is 1. The Morgan fingerprint density at radius 1 is 1.47 bits per heavy atom. The minimum Gasteiger partial charge on any atom is -0.468 e. The van der Waals surface area contributed by atoms with Crippen LogP contribution in [0.5, 0.6) is 0 Å². The van der Waals surface area contributed by atoms with Crippen molar-refractivity contribution in [3.05, 3.63) is 0 Å². The standard InChI is InChI=1S/C10H20N2O3/c1-5-11-8(2)6-9(13)12(3)7-10(14)15-4/h8,11H,5-7H2,1-4H3. The molecule has 0 aliphatic rings. The van der Waals surface area contributed by atoms with E-state index < -0.39 is 5.97 Å². The summed E-state index contributed by atoms with van der Waals surface area (Å²) in [6.07, 6.45) is 0.390. The van der Waals surface area contributed by atoms with Gasteiger partial charge in [0, 0.05) is 19.5 Å². The van der Waals surface area contributed by atoms with Gasteiger partial charge in [-0.1, -0.05) is 6.92 Å². The molecule has 5 heteroatoms. The molecule has 0 rings (SSSR count). The van der Waals surface area contributed by atoms with Gasteiger partial charge in [-0.15, -0.1) is 0 Å². The number of nitrogens with one attached hydrogen (secondary N) is 1. The Hall–Kier alpha value is -1.10. The molecule has 0 radical (unpaired) electrons. The van der Waals surface area contributed by atoms with Crippen LogP contribution in [0.2, 0.25) is 0 Å². The highest BCUT2D eigenvalue weighted by Crippen LogP contribution is 1.96. The molecule has 1 unspecified atom stereocenters. The number of nitrogens with zero attached hydrogens (tertiary/aromatic N) is 1. The van der Waals surface area contributed by atoms with Gasteiger partial charge in [-0.2, -0.15) is 0 Å². The van der Waals surface area contributed by atoms with Crippen LogP contribution in [0.15, 0.2) is 0 Å². The molecule has 5 nitrogen and oxygen atoms in total. The van der Waals surface area contributed by atoms with Crippen LogP contribution < -0.4 is 5.32 Å². The fourth-order valence-electron chi connectivity index (χ4n) is 1.18. The minimum absolute atomic E-state index is 0.00811. The van der Waals surface area contributed by atoms with Crippen molar-refractivity contribution in [3.8, 4) is 0 Å². The molecule has 1 atom stereocenters. The van der Waals surface area contributed by atoms with Gasteiger partial charge in [-0.05, 0) is 13.5 Å². The largest absolute Gasteiger partial charge is 0.468 e. The molecule has 0 aromatic carbocycles. The number of rotatable bonds is 6. The molecule has 0 aromatic rings. The molecule has 0 heterocycles. The molecule has 0 aliphatic heterocycles. The summed E-state index contributed by atoms with van der Waals surface area (Å²) in [7, 11) is 2.90. The van der Waals surface area contributed by atoms with Gasteiger partial charge in [0.15, 0.2) is 0 Å². The van der Waals surface area contributed by atoms with Gasteiger partial charge in [0.25, 0.3) is 0 Å². The molecule has 0 bridgehead atoms. The van der Waals surface area contributed by atoms with Crippen LogP contribution in [0.25, 0.3) is 0 Å². The topological polar surface area (TPSA) is 58.6 Å². The van der Waals surface area contributed by atoms with E-state index in [1.165, 1.54) is 12.0 Å². The van der Waals surface area contributed by atoms with Crippen LogP contribution in [0.4, 0.5) is 0 Å². The number of methoxy groups -OCH3 is 1. The first-order chi connectivity index (χ1) is 7.01. The maximum absolute atomic E-state index is 11.6. The van der Waals surface area contributed by atoms with E-state index in [1.54, 1.807) is 7.05 Å². The lowest BCUT2D eigenvalue weighted by Gasteiger charge is -2.18. The van der Waals surface area contributed by atoms with E-state index in [-0.39, 0.29) is 18.5 Å². The lowest BCUT2D eigenvalue weighted by atomic mass is 10.2. The maximum Gasteiger partial charge on any atom is 0.325 e. The van der Waals surface area contributed by atoms with Gasteiger partial charge in [-0.25, -0.2) is 0 Å². The van der Waals surface area contributed by atoms with Crippen LogP contribution in [-0.4, -0.2) is 50.1 Å². The van der Waals surface area contributed by atoms with E-state index >= 15 is 0 Å². The van der Waals surface area contributed by atoms with E-state index in [0.29, 0.717) is 6.42 Å². The Balaban J connectivity index is 3.93. The van der Waals surface area contributed by atoms with Crippen LogP contribution in [0, 0.1) is 0 Å². The predicted octanol–water partition coefficient (Wildman–Crippen LogP) is 0.00590. The summed E-state index contributed by atoms with van der Waals surface area (Å²) < 4.78 is 4.48. The summed E-state index contributed by atoms with van der Waals surface area (Å²) in [5, 5.41) is 3.13. The van der Waals surface area contributed by atoms with Crippen LogP contribution in [0.3, 0.4) is 0 Å². The number of carbonyl (C=O) groups is 2. The van der Waals surface area contributed by atoms with E-state index in [2.05, 4.69) is 10.1 Å². The third-order valence-electron chi connectivity index (χ3n) is 2.05. The van der Waals surface area contributed by atoms with Crippen molar-refractivity contribution in [2.45, 2.75) is 26.3 Å². The van der Waals surface area contributed by atoms with Crippen molar-refractivity contribution >= 4 is 11.9 Å². The zero-order valence-corrected chi connectivity index (χ0v) is 9.87. The van der Waals surface area contributed by atoms with Gasteiger partial charge >= 0.3 is 5.97 Å². The van der Waals surface area contributed by atoms with Gasteiger partial charge < -0.3 is 15.0 Å². The molecule has 88 valence electrons. The van der Waals surface area contributed by atoms with Crippen molar-refractivity contribution in [3.63, 3.8) is 0 Å². The average molecular weight is 216 g/mol. The molecule has 0 saturated carbocycles. The Morgan fingerprint density at radius 2 is 2.07 bits per heavy atom. The third kappa shape index (κ3) is 6.06. The highest BCUT2D eigenvalue weighted by molar-refractivity contribution is 5.82. The zero-order chi connectivity index (χ0) is 11.8. The van der Waals surface area contributed by atoms with Crippen molar-refractivity contribution < 1.29 is 14.3 Å². The molecule has 0 aliphatic carbocycles. The number of hydrogen-bond acceptors (Lipinski definition) is 4. The Labute approximate surface area is 90.8 Å². The first kappa shape index (κ1) is 13.9. The lowest BCUT2D eigenvalue weighted by molar-refractivity contribution is -0.146. The minimum atomic E-state index is -0.401. The third-order valence-corrected chi connectivity index (χ3v) is 2.05. The second kappa shape index (κ2) is 7.23. The number of likely N-dealkylation sites (N-methyl/N-ethyl adjacent to an activating group) is 1. The lowest BCUT2D eigenvalue weighted by Crippen LogP contribution is -2.37. The molecule has 1 amide bonds.